The Balaban J connectivity index is 2.38. The molecule has 1 heterocycles. The minimum Gasteiger partial charge on any atom is -0.467 e. The van der Waals surface area contributed by atoms with Gasteiger partial charge < -0.3 is 10.1 Å². The molecule has 4 heteroatoms. The van der Waals surface area contributed by atoms with Crippen LogP contribution in [0.1, 0.15) is 33.6 Å². The van der Waals surface area contributed by atoms with Gasteiger partial charge in [-0.15, -0.1) is 0 Å². The minimum absolute atomic E-state index is 0.0124. The van der Waals surface area contributed by atoms with Gasteiger partial charge in [-0.3, -0.25) is 4.79 Å². The summed E-state index contributed by atoms with van der Waals surface area (Å²) < 4.78 is 4.76. The van der Waals surface area contributed by atoms with Crippen molar-refractivity contribution in [1.29, 1.82) is 0 Å². The van der Waals surface area contributed by atoms with E-state index >= 15 is 0 Å². The van der Waals surface area contributed by atoms with Crippen LogP contribution in [0.15, 0.2) is 0 Å². The first kappa shape index (κ1) is 11.4. The normalized spacial score (nSPS) is 40.4. The lowest BCUT2D eigenvalue weighted by Crippen LogP contribution is -2.61. The molecule has 1 N–H and O–H groups in total. The molecule has 2 fully saturated rings. The molecule has 2 aliphatic rings. The van der Waals surface area contributed by atoms with Crippen molar-refractivity contribution in [2.45, 2.75) is 39.7 Å². The van der Waals surface area contributed by atoms with Crippen molar-refractivity contribution in [3.63, 3.8) is 0 Å². The Labute approximate surface area is 95.7 Å². The summed E-state index contributed by atoms with van der Waals surface area (Å²) in [5, 5.41) is 2.81. The van der Waals surface area contributed by atoms with Crippen molar-refractivity contribution < 1.29 is 14.3 Å². The molecule has 0 aromatic rings. The lowest BCUT2D eigenvalue weighted by Gasteiger charge is -2.47. The molecule has 2 bridgehead atoms. The van der Waals surface area contributed by atoms with Crippen LogP contribution in [0.2, 0.25) is 0 Å². The van der Waals surface area contributed by atoms with Gasteiger partial charge in [0, 0.05) is 0 Å². The summed E-state index contributed by atoms with van der Waals surface area (Å²) in [5.41, 5.74) is -0.490. The number of nitrogens with one attached hydrogen (secondary N) is 1. The zero-order valence-electron chi connectivity index (χ0n) is 10.3. The van der Waals surface area contributed by atoms with E-state index in [1.807, 2.05) is 6.92 Å². The van der Waals surface area contributed by atoms with E-state index in [1.54, 1.807) is 0 Å². The van der Waals surface area contributed by atoms with Gasteiger partial charge >= 0.3 is 5.97 Å². The van der Waals surface area contributed by atoms with Crippen molar-refractivity contribution in [1.82, 2.24) is 5.32 Å². The van der Waals surface area contributed by atoms with Crippen LogP contribution in [-0.4, -0.2) is 25.0 Å². The smallest absolute Gasteiger partial charge is 0.328 e. The number of piperidine rings is 1. The first-order chi connectivity index (χ1) is 7.34. The Morgan fingerprint density at radius 1 is 1.44 bits per heavy atom. The lowest BCUT2D eigenvalue weighted by atomic mass is 9.61. The predicted molar refractivity (Wildman–Crippen MR) is 58.6 cm³/mol. The monoisotopic (exact) mass is 225 g/mol. The van der Waals surface area contributed by atoms with E-state index < -0.39 is 6.04 Å². The lowest BCUT2D eigenvalue weighted by molar-refractivity contribution is -0.157. The Kier molecular flexibility index (Phi) is 2.30. The van der Waals surface area contributed by atoms with Crippen molar-refractivity contribution >= 4 is 11.9 Å². The van der Waals surface area contributed by atoms with Crippen LogP contribution in [-0.2, 0) is 14.3 Å². The van der Waals surface area contributed by atoms with E-state index in [1.165, 1.54) is 7.11 Å². The Bertz CT molecular complexity index is 350. The second kappa shape index (κ2) is 3.22. The number of fused-ring (bicyclic) bond motifs is 2. The zero-order valence-corrected chi connectivity index (χ0v) is 10.3. The van der Waals surface area contributed by atoms with E-state index in [0.717, 1.165) is 12.8 Å². The second-order valence-corrected chi connectivity index (χ2v) is 5.67. The molecule has 1 saturated carbocycles. The average Bonchev–Trinajstić information content (AvgIpc) is 2.38. The standard InChI is InChI=1S/C12H19NO3/c1-11(2)7-5-6-12(11,3)10(15)13-8(7)9(14)16-4/h7-8H,5-6H2,1-4H3,(H,13,15)/t7-,8+,12+/m0/s1. The summed E-state index contributed by atoms with van der Waals surface area (Å²) in [6, 6.07) is -0.469. The molecule has 90 valence electrons. The van der Waals surface area contributed by atoms with E-state index in [-0.39, 0.29) is 28.6 Å². The molecule has 0 spiro atoms. The molecule has 2 rings (SSSR count). The first-order valence-electron chi connectivity index (χ1n) is 5.73. The fourth-order valence-corrected chi connectivity index (χ4v) is 3.28. The van der Waals surface area contributed by atoms with Gasteiger partial charge in [0.2, 0.25) is 5.91 Å². The van der Waals surface area contributed by atoms with Crippen LogP contribution < -0.4 is 5.32 Å². The van der Waals surface area contributed by atoms with Crippen LogP contribution >= 0.6 is 0 Å². The maximum absolute atomic E-state index is 12.1. The number of carbonyl (C=O) groups is 2. The topological polar surface area (TPSA) is 55.4 Å². The van der Waals surface area contributed by atoms with Crippen LogP contribution in [0.3, 0.4) is 0 Å². The predicted octanol–water partition coefficient (Wildman–Crippen LogP) is 1.10. The van der Waals surface area contributed by atoms with Crippen LogP contribution in [0.4, 0.5) is 0 Å². The van der Waals surface area contributed by atoms with Gasteiger partial charge in [-0.2, -0.15) is 0 Å². The Morgan fingerprint density at radius 2 is 2.06 bits per heavy atom. The number of carbonyl (C=O) groups excluding carboxylic acids is 2. The maximum Gasteiger partial charge on any atom is 0.328 e. The van der Waals surface area contributed by atoms with Gasteiger partial charge in [-0.05, 0) is 24.2 Å². The highest BCUT2D eigenvalue weighted by Crippen LogP contribution is 2.59. The third-order valence-electron chi connectivity index (χ3n) is 4.95. The number of hydrogen-bond acceptors (Lipinski definition) is 3. The van der Waals surface area contributed by atoms with Gasteiger partial charge in [0.05, 0.1) is 12.5 Å². The first-order valence-corrected chi connectivity index (χ1v) is 5.73. The third kappa shape index (κ3) is 1.16. The van der Waals surface area contributed by atoms with Gasteiger partial charge in [0.15, 0.2) is 0 Å². The molecule has 1 aliphatic heterocycles. The number of methoxy groups -OCH3 is 1. The molecule has 1 amide bonds. The third-order valence-corrected chi connectivity index (χ3v) is 4.95. The highest BCUT2D eigenvalue weighted by Gasteiger charge is 2.63. The average molecular weight is 225 g/mol. The summed E-state index contributed by atoms with van der Waals surface area (Å²) >= 11 is 0. The van der Waals surface area contributed by atoms with Crippen LogP contribution in [0.25, 0.3) is 0 Å². The zero-order chi connectivity index (χ0) is 12.1. The van der Waals surface area contributed by atoms with Gasteiger partial charge in [0.25, 0.3) is 0 Å². The van der Waals surface area contributed by atoms with E-state index in [0.29, 0.717) is 0 Å². The van der Waals surface area contributed by atoms with Crippen LogP contribution in [0, 0.1) is 16.7 Å². The van der Waals surface area contributed by atoms with Gasteiger partial charge in [-0.1, -0.05) is 20.8 Å². The number of rotatable bonds is 1. The SMILES string of the molecule is COC(=O)[C@@H]1NC(=O)[C@@]2(C)CC[C@@H]1C2(C)C. The summed E-state index contributed by atoms with van der Waals surface area (Å²) in [5.74, 6) is -0.153. The molecule has 3 atom stereocenters. The summed E-state index contributed by atoms with van der Waals surface area (Å²) in [6.45, 7) is 6.16. The highest BCUT2D eigenvalue weighted by atomic mass is 16.5. The maximum atomic E-state index is 12.1. The highest BCUT2D eigenvalue weighted by molar-refractivity contribution is 5.91. The number of hydrogen-bond donors (Lipinski definition) is 1. The fraction of sp³-hybridized carbons (Fsp3) is 0.833. The summed E-state index contributed by atoms with van der Waals surface area (Å²) in [7, 11) is 1.37. The molecular formula is C12H19NO3. The fourth-order valence-electron chi connectivity index (χ4n) is 3.28. The van der Waals surface area contributed by atoms with E-state index in [2.05, 4.69) is 19.2 Å². The van der Waals surface area contributed by atoms with Crippen molar-refractivity contribution in [2.75, 3.05) is 7.11 Å². The molecule has 0 aromatic carbocycles. The Hall–Kier alpha value is -1.06. The van der Waals surface area contributed by atoms with E-state index in [9.17, 15) is 9.59 Å². The molecule has 0 aromatic heterocycles. The second-order valence-electron chi connectivity index (χ2n) is 5.67. The molecule has 4 nitrogen and oxygen atoms in total. The Morgan fingerprint density at radius 3 is 2.62 bits per heavy atom. The van der Waals surface area contributed by atoms with Crippen molar-refractivity contribution in [2.24, 2.45) is 16.7 Å². The molecule has 16 heavy (non-hydrogen) atoms. The summed E-state index contributed by atoms with van der Waals surface area (Å²) in [4.78, 5) is 23.8. The largest absolute Gasteiger partial charge is 0.467 e. The van der Waals surface area contributed by atoms with Crippen LogP contribution in [0.5, 0.6) is 0 Å². The minimum atomic E-state index is -0.469. The van der Waals surface area contributed by atoms with E-state index in [4.69, 9.17) is 4.74 Å². The number of ether oxygens (including phenoxy) is 1. The molecule has 0 radical (unpaired) electrons. The molecule has 0 unspecified atom stereocenters. The molecule has 1 aliphatic carbocycles. The quantitative estimate of drug-likeness (QED) is 0.680. The molecule has 1 saturated heterocycles. The number of amides is 1. The van der Waals surface area contributed by atoms with Crippen molar-refractivity contribution in [3.05, 3.63) is 0 Å². The summed E-state index contributed by atoms with van der Waals surface area (Å²) in [6.07, 6.45) is 1.76. The molecular weight excluding hydrogens is 206 g/mol. The van der Waals surface area contributed by atoms with Gasteiger partial charge in [0.1, 0.15) is 6.04 Å². The van der Waals surface area contributed by atoms with Gasteiger partial charge in [-0.25, -0.2) is 4.79 Å². The number of esters is 1. The van der Waals surface area contributed by atoms with Crippen molar-refractivity contribution in [3.8, 4) is 0 Å².